The predicted octanol–water partition coefficient (Wildman–Crippen LogP) is 3.23. The lowest BCUT2D eigenvalue weighted by atomic mass is 9.85. The number of amides is 2. The molecule has 3 unspecified atom stereocenters. The molecule has 186 valence electrons. The summed E-state index contributed by atoms with van der Waals surface area (Å²) in [6.45, 7) is 5.58. The van der Waals surface area contributed by atoms with Crippen LogP contribution in [0.1, 0.15) is 44.2 Å². The van der Waals surface area contributed by atoms with Crippen molar-refractivity contribution in [3.05, 3.63) is 59.7 Å². The second-order valence-electron chi connectivity index (χ2n) is 10.4. The molecule has 2 aromatic rings. The molecule has 1 aliphatic heterocycles. The number of alkyl carbamates (subject to hydrolysis) is 1. The Labute approximate surface area is 204 Å². The molecule has 0 aromatic heterocycles. The monoisotopic (exact) mass is 480 g/mol. The van der Waals surface area contributed by atoms with E-state index in [0.717, 1.165) is 22.3 Å². The van der Waals surface area contributed by atoms with Crippen molar-refractivity contribution in [2.45, 2.75) is 45.3 Å². The van der Waals surface area contributed by atoms with Crippen LogP contribution in [0, 0.1) is 11.3 Å². The number of fused-ring (bicyclic) bond motifs is 3. The summed E-state index contributed by atoms with van der Waals surface area (Å²) in [5.74, 6) is -2.45. The number of carbonyl (C=O) groups excluding carboxylic acids is 2. The van der Waals surface area contributed by atoms with E-state index in [2.05, 4.69) is 17.4 Å². The number of aliphatic carboxylic acids is 1. The predicted molar refractivity (Wildman–Crippen MR) is 130 cm³/mol. The van der Waals surface area contributed by atoms with E-state index in [1.54, 1.807) is 0 Å². The maximum Gasteiger partial charge on any atom is 0.407 e. The minimum absolute atomic E-state index is 0.00975. The highest BCUT2D eigenvalue weighted by atomic mass is 16.5. The van der Waals surface area contributed by atoms with Crippen LogP contribution in [0.3, 0.4) is 0 Å². The molecule has 2 amide bonds. The fourth-order valence-corrected chi connectivity index (χ4v) is 5.02. The molecule has 0 bridgehead atoms. The number of likely N-dealkylation sites (tertiary alicyclic amines) is 1. The number of rotatable bonds is 5. The topological polar surface area (TPSA) is 116 Å². The second kappa shape index (κ2) is 9.70. The first kappa shape index (κ1) is 24.7. The van der Waals surface area contributed by atoms with Crippen LogP contribution in [0.2, 0.25) is 0 Å². The summed E-state index contributed by atoms with van der Waals surface area (Å²) >= 11 is 0. The molecule has 35 heavy (non-hydrogen) atoms. The smallest absolute Gasteiger partial charge is 0.407 e. The Morgan fingerprint density at radius 3 is 2.14 bits per heavy atom. The normalized spacial score (nSPS) is 20.5. The molecular formula is C27H32N2O6. The highest BCUT2D eigenvalue weighted by Crippen LogP contribution is 2.44. The summed E-state index contributed by atoms with van der Waals surface area (Å²) < 4.78 is 5.62. The molecular weight excluding hydrogens is 448 g/mol. The van der Waals surface area contributed by atoms with Crippen molar-refractivity contribution in [2.75, 3.05) is 19.7 Å². The third-order valence-corrected chi connectivity index (χ3v) is 6.81. The van der Waals surface area contributed by atoms with E-state index in [9.17, 15) is 24.6 Å². The van der Waals surface area contributed by atoms with Gasteiger partial charge in [-0.1, -0.05) is 69.3 Å². The molecule has 4 rings (SSSR count). The van der Waals surface area contributed by atoms with Crippen LogP contribution in [0.15, 0.2) is 48.5 Å². The number of nitrogens with zero attached hydrogens (tertiary/aromatic N) is 1. The maximum absolute atomic E-state index is 13.3. The number of nitrogens with one attached hydrogen (secondary N) is 1. The zero-order valence-corrected chi connectivity index (χ0v) is 20.2. The minimum atomic E-state index is -1.06. The van der Waals surface area contributed by atoms with Gasteiger partial charge in [-0.2, -0.15) is 0 Å². The van der Waals surface area contributed by atoms with Gasteiger partial charge < -0.3 is 25.2 Å². The van der Waals surface area contributed by atoms with Gasteiger partial charge in [-0.05, 0) is 34.1 Å². The van der Waals surface area contributed by atoms with Gasteiger partial charge in [0.05, 0.1) is 12.0 Å². The quantitative estimate of drug-likeness (QED) is 0.605. The van der Waals surface area contributed by atoms with Crippen molar-refractivity contribution in [3.8, 4) is 11.1 Å². The number of carboxylic acids is 1. The summed E-state index contributed by atoms with van der Waals surface area (Å²) in [5.41, 5.74) is 3.76. The van der Waals surface area contributed by atoms with Crippen LogP contribution in [0.5, 0.6) is 0 Å². The lowest BCUT2D eigenvalue weighted by Crippen LogP contribution is -2.58. The largest absolute Gasteiger partial charge is 0.481 e. The average molecular weight is 481 g/mol. The first-order chi connectivity index (χ1) is 16.6. The highest BCUT2D eigenvalue weighted by molar-refractivity contribution is 5.87. The number of carboxylic acid groups (broad SMARTS) is 1. The summed E-state index contributed by atoms with van der Waals surface area (Å²) in [4.78, 5) is 39.0. The molecule has 1 aliphatic carbocycles. The van der Waals surface area contributed by atoms with Crippen molar-refractivity contribution in [1.29, 1.82) is 0 Å². The fraction of sp³-hybridized carbons (Fsp3) is 0.444. The number of hydrogen-bond acceptors (Lipinski definition) is 5. The third kappa shape index (κ3) is 5.17. The highest BCUT2D eigenvalue weighted by Gasteiger charge is 2.40. The molecule has 0 saturated carbocycles. The zero-order valence-electron chi connectivity index (χ0n) is 20.2. The van der Waals surface area contributed by atoms with Crippen molar-refractivity contribution in [2.24, 2.45) is 11.3 Å². The fourth-order valence-electron chi connectivity index (χ4n) is 5.02. The Morgan fingerprint density at radius 1 is 1.03 bits per heavy atom. The van der Waals surface area contributed by atoms with Crippen LogP contribution in [0.25, 0.3) is 11.1 Å². The van der Waals surface area contributed by atoms with Crippen molar-refractivity contribution in [1.82, 2.24) is 10.2 Å². The lowest BCUT2D eigenvalue weighted by Gasteiger charge is -2.39. The van der Waals surface area contributed by atoms with E-state index in [4.69, 9.17) is 4.74 Å². The van der Waals surface area contributed by atoms with E-state index in [0.29, 0.717) is 0 Å². The number of carbonyl (C=O) groups is 3. The van der Waals surface area contributed by atoms with E-state index in [-0.39, 0.29) is 32.0 Å². The van der Waals surface area contributed by atoms with Gasteiger partial charge in [0, 0.05) is 19.0 Å². The van der Waals surface area contributed by atoms with Crippen LogP contribution >= 0.6 is 0 Å². The number of hydrogen-bond donors (Lipinski definition) is 3. The number of aliphatic hydroxyl groups excluding tert-OH is 1. The van der Waals surface area contributed by atoms with E-state index in [1.807, 2.05) is 57.2 Å². The van der Waals surface area contributed by atoms with E-state index < -0.39 is 41.4 Å². The summed E-state index contributed by atoms with van der Waals surface area (Å²) in [6.07, 6.45) is -1.55. The first-order valence-corrected chi connectivity index (χ1v) is 11.9. The third-order valence-electron chi connectivity index (χ3n) is 6.81. The molecule has 0 spiro atoms. The standard InChI is InChI=1S/C27H32N2O6/c1-27(2,3)23(24(31)29-13-16(25(32)33)12-17(30)14-29)28-26(34)35-15-22-20-10-6-4-8-18(20)19-9-5-7-11-21(19)22/h4-11,16-17,22-23,30H,12-15H2,1-3H3,(H,28,34)(H,32,33). The summed E-state index contributed by atoms with van der Waals surface area (Å²) in [7, 11) is 0. The number of piperidine rings is 1. The summed E-state index contributed by atoms with van der Waals surface area (Å²) in [5, 5.41) is 22.2. The minimum Gasteiger partial charge on any atom is -0.481 e. The van der Waals surface area contributed by atoms with E-state index in [1.165, 1.54) is 4.90 Å². The molecule has 1 heterocycles. The maximum atomic E-state index is 13.3. The molecule has 0 radical (unpaired) electrons. The number of β-amino-alcohol motifs (C(OH)–C–C–N with tert-alkyl or cyclic N) is 1. The molecule has 8 heteroatoms. The zero-order chi connectivity index (χ0) is 25.3. The van der Waals surface area contributed by atoms with Crippen molar-refractivity contribution >= 4 is 18.0 Å². The van der Waals surface area contributed by atoms with Gasteiger partial charge in [0.15, 0.2) is 0 Å². The van der Waals surface area contributed by atoms with E-state index >= 15 is 0 Å². The molecule has 3 atom stereocenters. The molecule has 3 N–H and O–H groups in total. The lowest BCUT2D eigenvalue weighted by molar-refractivity contribution is -0.150. The van der Waals surface area contributed by atoms with Gasteiger partial charge in [-0.15, -0.1) is 0 Å². The number of aliphatic hydroxyl groups is 1. The first-order valence-electron chi connectivity index (χ1n) is 11.9. The van der Waals surface area contributed by atoms with Crippen LogP contribution < -0.4 is 5.32 Å². The van der Waals surface area contributed by atoms with Gasteiger partial charge in [0.2, 0.25) is 5.91 Å². The van der Waals surface area contributed by atoms with Gasteiger partial charge in [0.25, 0.3) is 0 Å². The Bertz CT molecular complexity index is 1080. The molecule has 2 aliphatic rings. The van der Waals surface area contributed by atoms with Crippen LogP contribution in [-0.4, -0.2) is 64.9 Å². The van der Waals surface area contributed by atoms with Crippen LogP contribution in [-0.2, 0) is 14.3 Å². The van der Waals surface area contributed by atoms with Crippen molar-refractivity contribution in [3.63, 3.8) is 0 Å². The van der Waals surface area contributed by atoms with Gasteiger partial charge >= 0.3 is 12.1 Å². The number of ether oxygens (including phenoxy) is 1. The summed E-state index contributed by atoms with van der Waals surface area (Å²) in [6, 6.07) is 15.1. The van der Waals surface area contributed by atoms with Gasteiger partial charge in [-0.25, -0.2) is 4.79 Å². The Morgan fingerprint density at radius 2 is 1.60 bits per heavy atom. The molecule has 2 aromatic carbocycles. The second-order valence-corrected chi connectivity index (χ2v) is 10.4. The Hall–Kier alpha value is -3.39. The van der Waals surface area contributed by atoms with Crippen LogP contribution in [0.4, 0.5) is 4.79 Å². The van der Waals surface area contributed by atoms with Gasteiger partial charge in [-0.3, -0.25) is 9.59 Å². The molecule has 8 nitrogen and oxygen atoms in total. The molecule has 1 fully saturated rings. The SMILES string of the molecule is CC(C)(C)C(NC(=O)OCC1c2ccccc2-c2ccccc21)C(=O)N1CC(O)CC(C(=O)O)C1. The van der Waals surface area contributed by atoms with Gasteiger partial charge in [0.1, 0.15) is 12.6 Å². The Kier molecular flexibility index (Phi) is 6.85. The Balaban J connectivity index is 1.46. The molecule has 1 saturated heterocycles. The number of benzene rings is 2. The average Bonchev–Trinajstić information content (AvgIpc) is 3.13. The van der Waals surface area contributed by atoms with Crippen molar-refractivity contribution < 1.29 is 29.3 Å².